The van der Waals surface area contributed by atoms with Gasteiger partial charge < -0.3 is 14.8 Å². The quantitative estimate of drug-likeness (QED) is 0.915. The van der Waals surface area contributed by atoms with Gasteiger partial charge in [-0.25, -0.2) is 0 Å². The van der Waals surface area contributed by atoms with Crippen LogP contribution in [0.4, 0.5) is 0 Å². The summed E-state index contributed by atoms with van der Waals surface area (Å²) in [4.78, 5) is 2.58. The lowest BCUT2D eigenvalue weighted by Crippen LogP contribution is -2.45. The van der Waals surface area contributed by atoms with Crippen molar-refractivity contribution in [1.82, 2.24) is 10.2 Å². The number of ether oxygens (including phenoxy) is 2. The third kappa shape index (κ3) is 2.76. The molecular weight excluding hydrogens is 252 g/mol. The van der Waals surface area contributed by atoms with Crippen LogP contribution in [-0.2, 0) is 0 Å². The van der Waals surface area contributed by atoms with Crippen LogP contribution in [0.2, 0.25) is 0 Å². The largest absolute Gasteiger partial charge is 0.454 e. The second kappa shape index (κ2) is 6.02. The van der Waals surface area contributed by atoms with Gasteiger partial charge in [0.1, 0.15) is 0 Å². The molecule has 0 aromatic heterocycles. The van der Waals surface area contributed by atoms with Crippen molar-refractivity contribution in [3.63, 3.8) is 0 Å². The molecule has 0 radical (unpaired) electrons. The van der Waals surface area contributed by atoms with Gasteiger partial charge in [-0.1, -0.05) is 26.0 Å². The van der Waals surface area contributed by atoms with E-state index in [1.165, 1.54) is 5.56 Å². The lowest BCUT2D eigenvalue weighted by atomic mass is 9.94. The fraction of sp³-hybridized carbons (Fsp3) is 0.625. The molecule has 20 heavy (non-hydrogen) atoms. The molecule has 4 heteroatoms. The van der Waals surface area contributed by atoms with Crippen LogP contribution in [0.1, 0.15) is 31.9 Å². The number of para-hydroxylation sites is 1. The molecule has 1 aromatic rings. The first kappa shape index (κ1) is 13.7. The van der Waals surface area contributed by atoms with Crippen molar-refractivity contribution in [1.29, 1.82) is 0 Å². The van der Waals surface area contributed by atoms with Gasteiger partial charge in [-0.05, 0) is 18.4 Å². The Morgan fingerprint density at radius 1 is 1.20 bits per heavy atom. The molecule has 0 amide bonds. The van der Waals surface area contributed by atoms with Crippen molar-refractivity contribution in [2.75, 3.05) is 33.0 Å². The van der Waals surface area contributed by atoms with E-state index in [0.29, 0.717) is 18.8 Å². The third-order valence-electron chi connectivity index (χ3n) is 4.07. The van der Waals surface area contributed by atoms with Crippen LogP contribution in [0.25, 0.3) is 0 Å². The molecule has 3 rings (SSSR count). The van der Waals surface area contributed by atoms with Crippen LogP contribution in [0, 0.1) is 5.92 Å². The summed E-state index contributed by atoms with van der Waals surface area (Å²) in [6, 6.07) is 6.70. The standard InChI is InChI=1S/C16H24N2O2/c1-12(2)10-14(18-8-6-17-7-9-18)13-4-3-5-15-16(13)20-11-19-15/h3-5,12,14,17H,6-11H2,1-2H3/t14-/m1/s1. The molecule has 1 atom stereocenters. The van der Waals surface area contributed by atoms with E-state index >= 15 is 0 Å². The van der Waals surface area contributed by atoms with E-state index in [9.17, 15) is 0 Å². The minimum atomic E-state index is 0.350. The van der Waals surface area contributed by atoms with Crippen molar-refractivity contribution < 1.29 is 9.47 Å². The molecule has 1 N–H and O–H groups in total. The predicted molar refractivity (Wildman–Crippen MR) is 79.2 cm³/mol. The van der Waals surface area contributed by atoms with E-state index in [4.69, 9.17) is 9.47 Å². The highest BCUT2D eigenvalue weighted by atomic mass is 16.7. The molecule has 0 unspecified atom stereocenters. The number of benzene rings is 1. The van der Waals surface area contributed by atoms with Gasteiger partial charge in [-0.2, -0.15) is 0 Å². The SMILES string of the molecule is CC(C)C[C@H](c1cccc2c1OCO2)N1CCNCC1. The molecule has 4 nitrogen and oxygen atoms in total. The molecule has 1 saturated heterocycles. The van der Waals surface area contributed by atoms with Gasteiger partial charge in [-0.3, -0.25) is 4.90 Å². The molecule has 0 spiro atoms. The molecule has 1 fully saturated rings. The van der Waals surface area contributed by atoms with Gasteiger partial charge in [-0.15, -0.1) is 0 Å². The first-order chi connectivity index (χ1) is 9.75. The van der Waals surface area contributed by atoms with Crippen molar-refractivity contribution >= 4 is 0 Å². The van der Waals surface area contributed by atoms with Crippen LogP contribution < -0.4 is 14.8 Å². The minimum absolute atomic E-state index is 0.350. The summed E-state index contributed by atoms with van der Waals surface area (Å²) in [5, 5.41) is 3.43. The number of hydrogen-bond donors (Lipinski definition) is 1. The van der Waals surface area contributed by atoms with Crippen LogP contribution in [0.3, 0.4) is 0 Å². The van der Waals surface area contributed by atoms with E-state index in [1.54, 1.807) is 0 Å². The number of rotatable bonds is 4. The summed E-state index contributed by atoms with van der Waals surface area (Å²) in [6.45, 7) is 9.26. The Morgan fingerprint density at radius 3 is 2.75 bits per heavy atom. The lowest BCUT2D eigenvalue weighted by Gasteiger charge is -2.36. The van der Waals surface area contributed by atoms with Crippen LogP contribution in [-0.4, -0.2) is 37.9 Å². The van der Waals surface area contributed by atoms with Crippen molar-refractivity contribution in [2.45, 2.75) is 26.3 Å². The zero-order valence-corrected chi connectivity index (χ0v) is 12.4. The van der Waals surface area contributed by atoms with E-state index in [2.05, 4.69) is 36.2 Å². The number of piperazine rings is 1. The van der Waals surface area contributed by atoms with Crippen LogP contribution in [0.5, 0.6) is 11.5 Å². The zero-order valence-electron chi connectivity index (χ0n) is 12.4. The Morgan fingerprint density at radius 2 is 2.00 bits per heavy atom. The lowest BCUT2D eigenvalue weighted by molar-refractivity contribution is 0.145. The average molecular weight is 276 g/mol. The highest BCUT2D eigenvalue weighted by molar-refractivity contribution is 5.49. The minimum Gasteiger partial charge on any atom is -0.454 e. The smallest absolute Gasteiger partial charge is 0.231 e. The maximum Gasteiger partial charge on any atom is 0.231 e. The maximum absolute atomic E-state index is 5.72. The van der Waals surface area contributed by atoms with Crippen molar-refractivity contribution in [3.8, 4) is 11.5 Å². The molecule has 0 aliphatic carbocycles. The van der Waals surface area contributed by atoms with Crippen molar-refractivity contribution in [3.05, 3.63) is 23.8 Å². The normalized spacial score (nSPS) is 20.4. The molecule has 2 heterocycles. The van der Waals surface area contributed by atoms with Crippen LogP contribution >= 0.6 is 0 Å². The Kier molecular flexibility index (Phi) is 4.13. The molecule has 2 aliphatic heterocycles. The highest BCUT2D eigenvalue weighted by Crippen LogP contribution is 2.42. The molecular formula is C16H24N2O2. The summed E-state index contributed by atoms with van der Waals surface area (Å²) >= 11 is 0. The van der Waals surface area contributed by atoms with E-state index in [0.717, 1.165) is 44.1 Å². The van der Waals surface area contributed by atoms with E-state index in [1.807, 2.05) is 6.07 Å². The van der Waals surface area contributed by atoms with Gasteiger partial charge in [0, 0.05) is 37.8 Å². The number of nitrogens with zero attached hydrogens (tertiary/aromatic N) is 1. The van der Waals surface area contributed by atoms with Gasteiger partial charge in [0.05, 0.1) is 0 Å². The summed E-state index contributed by atoms with van der Waals surface area (Å²) in [7, 11) is 0. The first-order valence-corrected chi connectivity index (χ1v) is 7.59. The second-order valence-corrected chi connectivity index (χ2v) is 6.01. The molecule has 2 aliphatic rings. The Balaban J connectivity index is 1.90. The van der Waals surface area contributed by atoms with E-state index in [-0.39, 0.29) is 0 Å². The summed E-state index contributed by atoms with van der Waals surface area (Å²) in [5.41, 5.74) is 1.29. The number of hydrogen-bond acceptors (Lipinski definition) is 4. The van der Waals surface area contributed by atoms with Crippen LogP contribution in [0.15, 0.2) is 18.2 Å². The Labute approximate surface area is 121 Å². The van der Waals surface area contributed by atoms with Gasteiger partial charge in [0.25, 0.3) is 0 Å². The molecule has 0 bridgehead atoms. The summed E-state index contributed by atoms with van der Waals surface area (Å²) < 4.78 is 11.2. The highest BCUT2D eigenvalue weighted by Gasteiger charge is 2.28. The summed E-state index contributed by atoms with van der Waals surface area (Å²) in [6.07, 6.45) is 1.15. The topological polar surface area (TPSA) is 33.7 Å². The number of nitrogens with one attached hydrogen (secondary N) is 1. The first-order valence-electron chi connectivity index (χ1n) is 7.59. The zero-order chi connectivity index (χ0) is 13.9. The van der Waals surface area contributed by atoms with Gasteiger partial charge in [0.2, 0.25) is 6.79 Å². The predicted octanol–water partition coefficient (Wildman–Crippen LogP) is 2.41. The molecule has 1 aromatic carbocycles. The van der Waals surface area contributed by atoms with E-state index < -0.39 is 0 Å². The third-order valence-corrected chi connectivity index (χ3v) is 4.07. The molecule has 0 saturated carbocycles. The van der Waals surface area contributed by atoms with Crippen molar-refractivity contribution in [2.24, 2.45) is 5.92 Å². The Bertz CT molecular complexity index is 456. The van der Waals surface area contributed by atoms with Gasteiger partial charge >= 0.3 is 0 Å². The number of fused-ring (bicyclic) bond motifs is 1. The summed E-state index contributed by atoms with van der Waals surface area (Å²) in [5.74, 6) is 2.51. The fourth-order valence-corrected chi connectivity index (χ4v) is 3.13. The van der Waals surface area contributed by atoms with Gasteiger partial charge in [0.15, 0.2) is 11.5 Å². The Hall–Kier alpha value is -1.26. The maximum atomic E-state index is 5.72. The monoisotopic (exact) mass is 276 g/mol. The average Bonchev–Trinajstić information content (AvgIpc) is 2.94. The molecule has 110 valence electrons. The fourth-order valence-electron chi connectivity index (χ4n) is 3.13. The second-order valence-electron chi connectivity index (χ2n) is 6.01.